The molecule has 5 nitrogen and oxygen atoms in total. The number of aromatic nitrogens is 4. The van der Waals surface area contributed by atoms with E-state index in [2.05, 4.69) is 109 Å². The number of fused-ring (bicyclic) bond motifs is 5. The summed E-state index contributed by atoms with van der Waals surface area (Å²) in [5, 5.41) is 12.4. The maximum Gasteiger partial charge on any atom is 0.165 e. The predicted molar refractivity (Wildman–Crippen MR) is 193 cm³/mol. The van der Waals surface area contributed by atoms with Gasteiger partial charge in [0, 0.05) is 27.3 Å². The Morgan fingerprint density at radius 1 is 0.646 bits per heavy atom. The van der Waals surface area contributed by atoms with Crippen LogP contribution in [0.15, 0.2) is 121 Å². The molecule has 7 aromatic rings. The highest BCUT2D eigenvalue weighted by atomic mass is 15.1. The first kappa shape index (κ1) is 28.6. The molecule has 0 radical (unpaired) electrons. The van der Waals surface area contributed by atoms with Crippen LogP contribution in [0.25, 0.3) is 61.4 Å². The lowest BCUT2D eigenvalue weighted by atomic mass is 9.69. The molecule has 2 aromatic heterocycles. The van der Waals surface area contributed by atoms with Crippen molar-refractivity contribution in [3.63, 3.8) is 0 Å². The van der Waals surface area contributed by atoms with E-state index in [1.807, 2.05) is 30.3 Å². The van der Waals surface area contributed by atoms with Crippen molar-refractivity contribution >= 4 is 21.8 Å². The zero-order valence-corrected chi connectivity index (χ0v) is 27.0. The molecule has 2 fully saturated rings. The molecule has 0 aliphatic heterocycles. The molecule has 0 N–H and O–H groups in total. The third-order valence-corrected chi connectivity index (χ3v) is 10.7. The van der Waals surface area contributed by atoms with Crippen LogP contribution in [0.1, 0.15) is 50.4 Å². The van der Waals surface area contributed by atoms with Crippen LogP contribution < -0.4 is 0 Å². The standard InChI is InChI=1S/C43H35N5/c1-43(25-28-16-17-29(22-28)26-43)42-46-40(32-12-6-3-7-13-32)45-41(47-42)36-23-30(27-44)18-20-39(36)48-37-15-9-8-14-34(37)35-24-33(19-21-38(35)48)31-10-4-2-5-11-31/h2-15,18-21,23-24,28-29H,16-17,22,25-26H2,1H3/t28-,29-/m0/s1. The second-order valence-corrected chi connectivity index (χ2v) is 14.0. The number of hydrogen-bond acceptors (Lipinski definition) is 4. The molecular formula is C43H35N5. The van der Waals surface area contributed by atoms with Crippen molar-refractivity contribution in [2.45, 2.75) is 44.4 Å². The Balaban J connectivity index is 1.29. The average Bonchev–Trinajstić information content (AvgIpc) is 3.67. The lowest BCUT2D eigenvalue weighted by Gasteiger charge is -2.36. The molecule has 0 spiro atoms. The molecular weight excluding hydrogens is 587 g/mol. The highest BCUT2D eigenvalue weighted by Crippen LogP contribution is 2.51. The zero-order valence-electron chi connectivity index (χ0n) is 27.0. The molecule has 2 atom stereocenters. The molecule has 232 valence electrons. The SMILES string of the molecule is CC1(c2nc(-c3ccccc3)nc(-c3cc(C#N)ccc3-n3c4ccccc4c4cc(-c5ccccc5)ccc43)n2)C[C@H]2CC[C@@H](C2)C1. The van der Waals surface area contributed by atoms with Gasteiger partial charge in [-0.05, 0) is 78.6 Å². The van der Waals surface area contributed by atoms with Crippen LogP contribution in [-0.4, -0.2) is 19.5 Å². The number of nitriles is 1. The normalized spacial score (nSPS) is 20.2. The Labute approximate surface area is 280 Å². The predicted octanol–water partition coefficient (Wildman–Crippen LogP) is 10.3. The van der Waals surface area contributed by atoms with Crippen LogP contribution >= 0.6 is 0 Å². The van der Waals surface area contributed by atoms with E-state index in [9.17, 15) is 5.26 Å². The first-order valence-electron chi connectivity index (χ1n) is 17.0. The van der Waals surface area contributed by atoms with Gasteiger partial charge in [0.1, 0.15) is 5.82 Å². The number of para-hydroxylation sites is 1. The number of benzene rings is 5. The highest BCUT2D eigenvalue weighted by Gasteiger charge is 2.44. The van der Waals surface area contributed by atoms with Gasteiger partial charge >= 0.3 is 0 Å². The summed E-state index contributed by atoms with van der Waals surface area (Å²) in [6.45, 7) is 2.36. The number of hydrogen-bond donors (Lipinski definition) is 0. The fourth-order valence-electron chi connectivity index (χ4n) is 8.59. The molecule has 9 rings (SSSR count). The fourth-order valence-corrected chi connectivity index (χ4v) is 8.59. The van der Waals surface area contributed by atoms with Gasteiger partial charge in [0.15, 0.2) is 11.6 Å². The molecule has 2 aliphatic carbocycles. The van der Waals surface area contributed by atoms with E-state index in [1.54, 1.807) is 0 Å². The third kappa shape index (κ3) is 4.79. The van der Waals surface area contributed by atoms with Gasteiger partial charge in [0.2, 0.25) is 0 Å². The summed E-state index contributed by atoms with van der Waals surface area (Å²) < 4.78 is 2.31. The van der Waals surface area contributed by atoms with Crippen LogP contribution in [0.5, 0.6) is 0 Å². The molecule has 2 heterocycles. The van der Waals surface area contributed by atoms with Gasteiger partial charge in [-0.15, -0.1) is 0 Å². The van der Waals surface area contributed by atoms with E-state index < -0.39 is 0 Å². The van der Waals surface area contributed by atoms with Gasteiger partial charge in [0.05, 0.1) is 28.4 Å². The summed E-state index contributed by atoms with van der Waals surface area (Å²) >= 11 is 0. The quantitative estimate of drug-likeness (QED) is 0.192. The molecule has 48 heavy (non-hydrogen) atoms. The fraction of sp³-hybridized carbons (Fsp3) is 0.209. The van der Waals surface area contributed by atoms with Gasteiger partial charge < -0.3 is 4.57 Å². The van der Waals surface area contributed by atoms with Crippen molar-refractivity contribution in [3.05, 3.63) is 133 Å². The second-order valence-electron chi connectivity index (χ2n) is 14.0. The van der Waals surface area contributed by atoms with E-state index in [-0.39, 0.29) is 5.41 Å². The van der Waals surface area contributed by atoms with Crippen molar-refractivity contribution in [1.29, 1.82) is 5.26 Å². The average molecular weight is 622 g/mol. The largest absolute Gasteiger partial charge is 0.308 e. The first-order valence-corrected chi connectivity index (χ1v) is 17.0. The van der Waals surface area contributed by atoms with Crippen LogP contribution in [0.3, 0.4) is 0 Å². The molecule has 0 amide bonds. The zero-order chi connectivity index (χ0) is 32.2. The van der Waals surface area contributed by atoms with Crippen LogP contribution in [0, 0.1) is 23.2 Å². The maximum atomic E-state index is 10.1. The van der Waals surface area contributed by atoms with Gasteiger partial charge in [0.25, 0.3) is 0 Å². The molecule has 0 saturated heterocycles. The van der Waals surface area contributed by atoms with Crippen molar-refractivity contribution < 1.29 is 0 Å². The lowest BCUT2D eigenvalue weighted by Crippen LogP contribution is -2.33. The maximum absolute atomic E-state index is 10.1. The highest BCUT2D eigenvalue weighted by molar-refractivity contribution is 6.11. The van der Waals surface area contributed by atoms with Crippen LogP contribution in [0.2, 0.25) is 0 Å². The Hall–Kier alpha value is -5.60. The number of nitrogens with zero attached hydrogens (tertiary/aromatic N) is 5. The van der Waals surface area contributed by atoms with Gasteiger partial charge in [-0.25, -0.2) is 15.0 Å². The molecule has 2 bridgehead atoms. The van der Waals surface area contributed by atoms with Crippen molar-refractivity contribution in [2.75, 3.05) is 0 Å². The summed E-state index contributed by atoms with van der Waals surface area (Å²) in [4.78, 5) is 15.7. The van der Waals surface area contributed by atoms with Gasteiger partial charge in [-0.1, -0.05) is 105 Å². The van der Waals surface area contributed by atoms with Crippen molar-refractivity contribution in [3.8, 4) is 45.7 Å². The van der Waals surface area contributed by atoms with E-state index in [0.29, 0.717) is 17.2 Å². The van der Waals surface area contributed by atoms with Gasteiger partial charge in [-0.3, -0.25) is 0 Å². The minimum Gasteiger partial charge on any atom is -0.308 e. The summed E-state index contributed by atoms with van der Waals surface area (Å²) in [7, 11) is 0. The molecule has 2 saturated carbocycles. The minimum atomic E-state index is -0.126. The smallest absolute Gasteiger partial charge is 0.165 e. The summed E-state index contributed by atoms with van der Waals surface area (Å²) in [6.07, 6.45) is 6.13. The minimum absolute atomic E-state index is 0.126. The van der Waals surface area contributed by atoms with Crippen LogP contribution in [0.4, 0.5) is 0 Å². The van der Waals surface area contributed by atoms with E-state index in [4.69, 9.17) is 15.0 Å². The van der Waals surface area contributed by atoms with Crippen molar-refractivity contribution in [2.24, 2.45) is 11.8 Å². The Bertz CT molecular complexity index is 2360. The third-order valence-electron chi connectivity index (χ3n) is 10.7. The molecule has 0 unspecified atom stereocenters. The van der Waals surface area contributed by atoms with Crippen LogP contribution in [-0.2, 0) is 5.41 Å². The molecule has 5 heteroatoms. The van der Waals surface area contributed by atoms with Crippen molar-refractivity contribution in [1.82, 2.24) is 19.5 Å². The van der Waals surface area contributed by atoms with E-state index >= 15 is 0 Å². The Kier molecular flexibility index (Phi) is 6.72. The summed E-state index contributed by atoms with van der Waals surface area (Å²) in [5.41, 5.74) is 7.73. The monoisotopic (exact) mass is 621 g/mol. The topological polar surface area (TPSA) is 67.4 Å². The summed E-state index contributed by atoms with van der Waals surface area (Å²) in [5.74, 6) is 3.61. The summed E-state index contributed by atoms with van der Waals surface area (Å²) in [6, 6.07) is 44.3. The second kappa shape index (κ2) is 11.3. The van der Waals surface area contributed by atoms with Gasteiger partial charge in [-0.2, -0.15) is 5.26 Å². The molecule has 2 aliphatic rings. The number of rotatable bonds is 5. The van der Waals surface area contributed by atoms with E-state index in [1.165, 1.54) is 41.2 Å². The van der Waals surface area contributed by atoms with E-state index in [0.717, 1.165) is 58.3 Å². The lowest BCUT2D eigenvalue weighted by molar-refractivity contribution is 0.221. The Morgan fingerprint density at radius 2 is 1.31 bits per heavy atom. The molecule has 5 aromatic carbocycles. The first-order chi connectivity index (χ1) is 23.6. The Morgan fingerprint density at radius 3 is 2.06 bits per heavy atom.